The Morgan fingerprint density at radius 3 is 2.48 bits per heavy atom. The number of nitrogens with zero attached hydrogens (tertiary/aromatic N) is 4. The minimum atomic E-state index is 0.759. The molecule has 0 amide bonds. The smallest absolute Gasteiger partial charge is 0.157 e. The number of aryl methyl sites for hydroxylation is 1. The molecule has 0 bridgehead atoms. The molecule has 136 valence electrons. The highest BCUT2D eigenvalue weighted by atomic mass is 79.9. The van der Waals surface area contributed by atoms with Crippen LogP contribution in [-0.2, 0) is 0 Å². The number of nitrogens with one attached hydrogen (secondary N) is 1. The number of anilines is 3. The van der Waals surface area contributed by atoms with Crippen molar-refractivity contribution < 1.29 is 0 Å². The van der Waals surface area contributed by atoms with Gasteiger partial charge in [-0.15, -0.1) is 0 Å². The van der Waals surface area contributed by atoms with Crippen LogP contribution in [0, 0.1) is 6.92 Å². The molecule has 27 heavy (non-hydrogen) atoms. The van der Waals surface area contributed by atoms with Crippen molar-refractivity contribution in [2.75, 3.05) is 24.3 Å². The maximum Gasteiger partial charge on any atom is 0.157 e. The van der Waals surface area contributed by atoms with E-state index < -0.39 is 0 Å². The van der Waals surface area contributed by atoms with Crippen molar-refractivity contribution in [1.82, 2.24) is 14.4 Å². The molecule has 4 rings (SSSR count). The molecule has 0 aliphatic heterocycles. The van der Waals surface area contributed by atoms with Gasteiger partial charge in [0.15, 0.2) is 5.65 Å². The van der Waals surface area contributed by atoms with E-state index >= 15 is 0 Å². The third-order valence-electron chi connectivity index (χ3n) is 4.53. The van der Waals surface area contributed by atoms with Gasteiger partial charge in [0.05, 0.1) is 6.20 Å². The second-order valence-electron chi connectivity index (χ2n) is 6.63. The molecule has 2 aromatic carbocycles. The number of para-hydroxylation sites is 1. The Hall–Kier alpha value is -2.86. The average molecular weight is 422 g/mol. The average Bonchev–Trinajstić information content (AvgIpc) is 3.01. The minimum Gasteiger partial charge on any atom is -0.378 e. The lowest BCUT2D eigenvalue weighted by Gasteiger charge is -2.13. The van der Waals surface area contributed by atoms with Crippen molar-refractivity contribution in [2.45, 2.75) is 6.92 Å². The zero-order valence-electron chi connectivity index (χ0n) is 15.4. The molecule has 0 fully saturated rings. The molecule has 1 N–H and O–H groups in total. The van der Waals surface area contributed by atoms with Crippen LogP contribution in [-0.4, -0.2) is 28.5 Å². The zero-order chi connectivity index (χ0) is 19.0. The topological polar surface area (TPSA) is 45.5 Å². The lowest BCUT2D eigenvalue weighted by molar-refractivity contribution is 1.10. The van der Waals surface area contributed by atoms with Gasteiger partial charge in [-0.25, -0.2) is 9.97 Å². The summed E-state index contributed by atoms with van der Waals surface area (Å²) in [5.41, 5.74) is 6.12. The van der Waals surface area contributed by atoms with E-state index in [2.05, 4.69) is 74.5 Å². The highest BCUT2D eigenvalue weighted by molar-refractivity contribution is 9.10. The van der Waals surface area contributed by atoms with Gasteiger partial charge in [-0.3, -0.25) is 4.40 Å². The summed E-state index contributed by atoms with van der Waals surface area (Å²) in [4.78, 5) is 11.2. The molecule has 4 aromatic rings. The van der Waals surface area contributed by atoms with Gasteiger partial charge in [0.25, 0.3) is 0 Å². The fourth-order valence-corrected chi connectivity index (χ4v) is 3.32. The Bertz CT molecular complexity index is 1100. The Labute approximate surface area is 166 Å². The molecule has 0 aliphatic carbocycles. The highest BCUT2D eigenvalue weighted by Gasteiger charge is 2.16. The van der Waals surface area contributed by atoms with Crippen LogP contribution in [0.15, 0.2) is 65.5 Å². The maximum absolute atomic E-state index is 4.83. The van der Waals surface area contributed by atoms with E-state index in [9.17, 15) is 0 Å². The molecule has 2 heterocycles. The van der Waals surface area contributed by atoms with Crippen molar-refractivity contribution >= 4 is 38.8 Å². The SMILES string of the molecule is Cc1ccccc1Nc1c(-c2ccc(N(C)C)cc2)nc2cnc(Br)cn12. The molecule has 0 atom stereocenters. The van der Waals surface area contributed by atoms with E-state index in [1.54, 1.807) is 6.20 Å². The van der Waals surface area contributed by atoms with Gasteiger partial charge in [0.2, 0.25) is 0 Å². The first kappa shape index (κ1) is 17.5. The summed E-state index contributed by atoms with van der Waals surface area (Å²) >= 11 is 3.46. The molecule has 0 aliphatic rings. The van der Waals surface area contributed by atoms with Crippen LogP contribution < -0.4 is 10.2 Å². The molecule has 2 aromatic heterocycles. The number of aromatic nitrogens is 3. The highest BCUT2D eigenvalue weighted by Crippen LogP contribution is 2.33. The molecule has 0 unspecified atom stereocenters. The number of imidazole rings is 1. The number of rotatable bonds is 4. The lowest BCUT2D eigenvalue weighted by atomic mass is 10.1. The van der Waals surface area contributed by atoms with Crippen LogP contribution in [0.5, 0.6) is 0 Å². The van der Waals surface area contributed by atoms with E-state index in [-0.39, 0.29) is 0 Å². The second kappa shape index (κ2) is 7.04. The van der Waals surface area contributed by atoms with Crippen LogP contribution in [0.1, 0.15) is 5.56 Å². The van der Waals surface area contributed by atoms with Crippen LogP contribution in [0.4, 0.5) is 17.2 Å². The molecule has 0 saturated heterocycles. The first-order valence-corrected chi connectivity index (χ1v) is 9.46. The van der Waals surface area contributed by atoms with E-state index in [0.717, 1.165) is 38.7 Å². The van der Waals surface area contributed by atoms with E-state index in [1.807, 2.05) is 36.8 Å². The molecule has 6 heteroatoms. The third kappa shape index (κ3) is 3.40. The normalized spacial score (nSPS) is 11.0. The lowest BCUT2D eigenvalue weighted by Crippen LogP contribution is -2.08. The maximum atomic E-state index is 4.83. The van der Waals surface area contributed by atoms with Gasteiger partial charge in [-0.05, 0) is 46.6 Å². The van der Waals surface area contributed by atoms with Gasteiger partial charge in [-0.2, -0.15) is 0 Å². The van der Waals surface area contributed by atoms with Gasteiger partial charge < -0.3 is 10.2 Å². The summed E-state index contributed by atoms with van der Waals surface area (Å²) in [6, 6.07) is 16.6. The Morgan fingerprint density at radius 2 is 1.78 bits per heavy atom. The predicted molar refractivity (Wildman–Crippen MR) is 115 cm³/mol. The monoisotopic (exact) mass is 421 g/mol. The number of fused-ring (bicyclic) bond motifs is 1. The minimum absolute atomic E-state index is 0.759. The number of halogens is 1. The molecular weight excluding hydrogens is 402 g/mol. The quantitative estimate of drug-likeness (QED) is 0.486. The van der Waals surface area contributed by atoms with Crippen LogP contribution in [0.25, 0.3) is 16.9 Å². The fraction of sp³-hybridized carbons (Fsp3) is 0.143. The van der Waals surface area contributed by atoms with Crippen molar-refractivity contribution in [1.29, 1.82) is 0 Å². The van der Waals surface area contributed by atoms with Crippen LogP contribution >= 0.6 is 15.9 Å². The fourth-order valence-electron chi connectivity index (χ4n) is 3.01. The first-order chi connectivity index (χ1) is 13.0. The summed E-state index contributed by atoms with van der Waals surface area (Å²) in [5.74, 6) is 0.917. The summed E-state index contributed by atoms with van der Waals surface area (Å²) in [6.07, 6.45) is 3.70. The van der Waals surface area contributed by atoms with Crippen molar-refractivity contribution in [3.63, 3.8) is 0 Å². The van der Waals surface area contributed by atoms with Crippen molar-refractivity contribution in [2.24, 2.45) is 0 Å². The molecular formula is C21H20BrN5. The second-order valence-corrected chi connectivity index (χ2v) is 7.44. The van der Waals surface area contributed by atoms with E-state index in [4.69, 9.17) is 4.98 Å². The van der Waals surface area contributed by atoms with Crippen molar-refractivity contribution in [3.05, 3.63) is 71.1 Å². The summed E-state index contributed by atoms with van der Waals surface area (Å²) < 4.78 is 2.79. The molecule has 0 saturated carbocycles. The van der Waals surface area contributed by atoms with Crippen molar-refractivity contribution in [3.8, 4) is 11.3 Å². The Kier molecular flexibility index (Phi) is 4.58. The number of hydrogen-bond donors (Lipinski definition) is 1. The Morgan fingerprint density at radius 1 is 1.04 bits per heavy atom. The van der Waals surface area contributed by atoms with Gasteiger partial charge in [0.1, 0.15) is 16.1 Å². The zero-order valence-corrected chi connectivity index (χ0v) is 17.0. The van der Waals surface area contributed by atoms with Gasteiger partial charge >= 0.3 is 0 Å². The standard InChI is InChI=1S/C21H20BrN5/c1-14-6-4-5-7-17(14)24-21-20(15-8-10-16(11-9-15)26(2)3)25-19-12-23-18(22)13-27(19)21/h4-13,24H,1-3H3. The van der Waals surface area contributed by atoms with E-state index in [1.165, 1.54) is 5.56 Å². The van der Waals surface area contributed by atoms with E-state index in [0.29, 0.717) is 0 Å². The predicted octanol–water partition coefficient (Wildman–Crippen LogP) is 5.28. The van der Waals surface area contributed by atoms with Crippen LogP contribution in [0.3, 0.4) is 0 Å². The summed E-state index contributed by atoms with van der Waals surface area (Å²) in [6.45, 7) is 2.09. The Balaban J connectivity index is 1.88. The largest absolute Gasteiger partial charge is 0.378 e. The first-order valence-electron chi connectivity index (χ1n) is 8.67. The summed E-state index contributed by atoms with van der Waals surface area (Å²) in [7, 11) is 4.07. The summed E-state index contributed by atoms with van der Waals surface area (Å²) in [5, 5.41) is 3.57. The molecule has 5 nitrogen and oxygen atoms in total. The molecule has 0 radical (unpaired) electrons. The number of hydrogen-bond acceptors (Lipinski definition) is 4. The van der Waals surface area contributed by atoms with Crippen LogP contribution in [0.2, 0.25) is 0 Å². The third-order valence-corrected chi connectivity index (χ3v) is 4.94. The number of benzene rings is 2. The van der Waals surface area contributed by atoms with Gasteiger partial charge in [0, 0.05) is 37.2 Å². The van der Waals surface area contributed by atoms with Gasteiger partial charge in [-0.1, -0.05) is 30.3 Å². The molecule has 0 spiro atoms.